The van der Waals surface area contributed by atoms with Crippen molar-refractivity contribution in [1.29, 1.82) is 0 Å². The number of amides is 3. The van der Waals surface area contributed by atoms with Crippen LogP contribution in [0.25, 0.3) is 10.9 Å². The summed E-state index contributed by atoms with van der Waals surface area (Å²) in [4.78, 5) is 41.6. The van der Waals surface area contributed by atoms with Crippen molar-refractivity contribution in [3.8, 4) is 0 Å². The van der Waals surface area contributed by atoms with Gasteiger partial charge in [-0.3, -0.25) is 14.4 Å². The van der Waals surface area contributed by atoms with Crippen LogP contribution in [0.2, 0.25) is 0 Å². The minimum atomic E-state index is -1.13. The summed E-state index contributed by atoms with van der Waals surface area (Å²) in [6, 6.07) is 4.17. The average Bonchev–Trinajstić information content (AvgIpc) is 3.07. The summed E-state index contributed by atoms with van der Waals surface area (Å²) < 4.78 is 16.0. The molecule has 35 heavy (non-hydrogen) atoms. The largest absolute Gasteiger partial charge is 0.351 e. The molecule has 2 heterocycles. The number of halogens is 1. The first-order valence-electron chi connectivity index (χ1n) is 12.9. The molecule has 2 aromatic rings. The molecule has 2 aliphatic rings. The van der Waals surface area contributed by atoms with Crippen molar-refractivity contribution in [2.75, 3.05) is 5.32 Å². The maximum atomic E-state index is 14.2. The smallest absolute Gasteiger partial charge is 0.273 e. The zero-order valence-electron chi connectivity index (χ0n) is 21.2. The number of nitrogens with zero attached hydrogens (tertiary/aromatic N) is 2. The first-order valence-corrected chi connectivity index (χ1v) is 12.9. The molecule has 190 valence electrons. The number of carbonyl (C=O) groups is 3. The quantitative estimate of drug-likeness (QED) is 0.628. The average molecular weight is 485 g/mol. The molecule has 1 aromatic heterocycles. The maximum absolute atomic E-state index is 14.2. The molecular formula is C27H37FN4O3. The number of nitrogens with one attached hydrogen (secondary N) is 2. The van der Waals surface area contributed by atoms with Gasteiger partial charge in [0.25, 0.3) is 5.91 Å². The van der Waals surface area contributed by atoms with Crippen LogP contribution >= 0.6 is 0 Å². The van der Waals surface area contributed by atoms with Gasteiger partial charge in [0.05, 0.1) is 17.7 Å². The molecule has 1 aliphatic heterocycles. The number of aromatic nitrogens is 1. The van der Waals surface area contributed by atoms with Crippen LogP contribution in [0.3, 0.4) is 0 Å². The molecule has 1 aromatic carbocycles. The highest BCUT2D eigenvalue weighted by Gasteiger charge is 2.50. The predicted molar refractivity (Wildman–Crippen MR) is 135 cm³/mol. The van der Waals surface area contributed by atoms with Crippen molar-refractivity contribution in [3.63, 3.8) is 0 Å². The van der Waals surface area contributed by atoms with E-state index in [2.05, 4.69) is 10.6 Å². The minimum Gasteiger partial charge on any atom is -0.351 e. The lowest BCUT2D eigenvalue weighted by Crippen LogP contribution is -2.67. The van der Waals surface area contributed by atoms with Crippen molar-refractivity contribution >= 4 is 34.3 Å². The van der Waals surface area contributed by atoms with E-state index in [0.29, 0.717) is 23.0 Å². The second-order valence-electron chi connectivity index (χ2n) is 10.4. The van der Waals surface area contributed by atoms with E-state index < -0.39 is 11.4 Å². The highest BCUT2D eigenvalue weighted by Crippen LogP contribution is 2.40. The predicted octanol–water partition coefficient (Wildman–Crippen LogP) is 4.98. The van der Waals surface area contributed by atoms with Crippen LogP contribution in [0.4, 0.5) is 10.1 Å². The molecule has 2 N–H and O–H groups in total. The van der Waals surface area contributed by atoms with Crippen molar-refractivity contribution in [1.82, 2.24) is 14.8 Å². The SMILES string of the molecule is CC[C@H](C)N1C(=O)c2c(NC(C)=O)c3cc(F)ccc3n2C[C@@]1(C)C(=O)NC1CCCCCCC1. The second kappa shape index (κ2) is 9.99. The molecule has 4 rings (SSSR count). The zero-order valence-corrected chi connectivity index (χ0v) is 21.2. The topological polar surface area (TPSA) is 83.4 Å². The van der Waals surface area contributed by atoms with E-state index in [-0.39, 0.29) is 42.0 Å². The van der Waals surface area contributed by atoms with Crippen LogP contribution in [0.5, 0.6) is 0 Å². The summed E-state index contributed by atoms with van der Waals surface area (Å²) in [6.07, 6.45) is 8.36. The number of carbonyl (C=O) groups excluding carboxylic acids is 3. The fraction of sp³-hybridized carbons (Fsp3) is 0.593. The van der Waals surface area contributed by atoms with Gasteiger partial charge in [0.1, 0.15) is 17.1 Å². The van der Waals surface area contributed by atoms with Crippen molar-refractivity contribution < 1.29 is 18.8 Å². The van der Waals surface area contributed by atoms with Gasteiger partial charge in [0, 0.05) is 24.4 Å². The summed E-state index contributed by atoms with van der Waals surface area (Å²) >= 11 is 0. The summed E-state index contributed by atoms with van der Waals surface area (Å²) in [6.45, 7) is 7.33. The van der Waals surface area contributed by atoms with E-state index >= 15 is 0 Å². The van der Waals surface area contributed by atoms with Crippen molar-refractivity contribution in [2.24, 2.45) is 0 Å². The molecule has 0 radical (unpaired) electrons. The van der Waals surface area contributed by atoms with E-state index in [1.165, 1.54) is 38.3 Å². The first kappa shape index (κ1) is 25.2. The molecule has 1 aliphatic carbocycles. The molecule has 2 atom stereocenters. The zero-order chi connectivity index (χ0) is 25.3. The Balaban J connectivity index is 1.80. The molecule has 0 unspecified atom stereocenters. The van der Waals surface area contributed by atoms with Gasteiger partial charge >= 0.3 is 0 Å². The van der Waals surface area contributed by atoms with E-state index in [9.17, 15) is 18.8 Å². The highest BCUT2D eigenvalue weighted by atomic mass is 19.1. The Hall–Kier alpha value is -2.90. The molecule has 1 saturated carbocycles. The minimum absolute atomic E-state index is 0.0975. The van der Waals surface area contributed by atoms with Gasteiger partial charge in [0.2, 0.25) is 11.8 Å². The fourth-order valence-corrected chi connectivity index (χ4v) is 5.73. The molecular weight excluding hydrogens is 447 g/mol. The molecule has 0 saturated heterocycles. The Morgan fingerprint density at radius 3 is 2.46 bits per heavy atom. The Labute approximate surface area is 206 Å². The van der Waals surface area contributed by atoms with Crippen LogP contribution in [-0.2, 0) is 16.1 Å². The molecule has 3 amide bonds. The van der Waals surface area contributed by atoms with Crippen LogP contribution in [0.15, 0.2) is 18.2 Å². The second-order valence-corrected chi connectivity index (χ2v) is 10.4. The summed E-state index contributed by atoms with van der Waals surface area (Å²) in [5.74, 6) is -1.29. The lowest BCUT2D eigenvalue weighted by Gasteiger charge is -2.47. The van der Waals surface area contributed by atoms with Gasteiger partial charge in [0.15, 0.2) is 0 Å². The number of fused-ring (bicyclic) bond motifs is 3. The Morgan fingerprint density at radius 1 is 1.17 bits per heavy atom. The maximum Gasteiger partial charge on any atom is 0.273 e. The van der Waals surface area contributed by atoms with Gasteiger partial charge < -0.3 is 20.1 Å². The highest BCUT2D eigenvalue weighted by molar-refractivity contribution is 6.14. The van der Waals surface area contributed by atoms with Crippen molar-refractivity contribution in [3.05, 3.63) is 29.7 Å². The van der Waals surface area contributed by atoms with Crippen molar-refractivity contribution in [2.45, 2.75) is 103 Å². The number of benzene rings is 1. The van der Waals surface area contributed by atoms with Crippen LogP contribution in [-0.4, -0.2) is 44.8 Å². The number of rotatable bonds is 5. The molecule has 1 fully saturated rings. The third-order valence-electron chi connectivity index (χ3n) is 7.71. The van der Waals surface area contributed by atoms with Gasteiger partial charge in [-0.25, -0.2) is 4.39 Å². The molecule has 0 bridgehead atoms. The summed E-state index contributed by atoms with van der Waals surface area (Å²) in [7, 11) is 0. The standard InChI is InChI=1S/C27H37FN4O3/c1-5-17(2)32-25(34)24-23(29-18(3)33)21-15-19(28)13-14-22(21)31(24)16-27(32,4)26(35)30-20-11-9-7-6-8-10-12-20/h13-15,17,20H,5-12,16H2,1-4H3,(H,29,33)(H,30,35)/t17-,27-/m0/s1. The summed E-state index contributed by atoms with van der Waals surface area (Å²) in [5.41, 5.74) is 0.0767. The molecule has 8 heteroatoms. The Morgan fingerprint density at radius 2 is 1.83 bits per heavy atom. The van der Waals surface area contributed by atoms with E-state index in [0.717, 1.165) is 25.7 Å². The fourth-order valence-electron chi connectivity index (χ4n) is 5.73. The van der Waals surface area contributed by atoms with E-state index in [4.69, 9.17) is 0 Å². The van der Waals surface area contributed by atoms with Crippen LogP contribution in [0, 0.1) is 5.82 Å². The van der Waals surface area contributed by atoms with E-state index in [1.54, 1.807) is 15.5 Å². The number of hydrogen-bond acceptors (Lipinski definition) is 3. The lowest BCUT2D eigenvalue weighted by atomic mass is 9.90. The third kappa shape index (κ3) is 4.67. The van der Waals surface area contributed by atoms with Gasteiger partial charge in [-0.05, 0) is 51.3 Å². The number of anilines is 1. The monoisotopic (exact) mass is 484 g/mol. The van der Waals surface area contributed by atoms with Crippen LogP contribution < -0.4 is 10.6 Å². The van der Waals surface area contributed by atoms with Gasteiger partial charge in [-0.2, -0.15) is 0 Å². The Bertz CT molecular complexity index is 1140. The van der Waals surface area contributed by atoms with Gasteiger partial charge in [-0.15, -0.1) is 0 Å². The lowest BCUT2D eigenvalue weighted by molar-refractivity contribution is -0.135. The normalized spacial score (nSPS) is 22.3. The Kier molecular flexibility index (Phi) is 7.20. The third-order valence-corrected chi connectivity index (χ3v) is 7.71. The molecule has 0 spiro atoms. The van der Waals surface area contributed by atoms with Crippen LogP contribution in [0.1, 0.15) is 89.5 Å². The number of hydrogen-bond donors (Lipinski definition) is 2. The summed E-state index contributed by atoms with van der Waals surface area (Å²) in [5, 5.41) is 6.49. The first-order chi connectivity index (χ1) is 16.7. The molecule has 7 nitrogen and oxygen atoms in total. The van der Waals surface area contributed by atoms with E-state index in [1.807, 2.05) is 20.8 Å². The van der Waals surface area contributed by atoms with Gasteiger partial charge in [-0.1, -0.05) is 39.0 Å².